The molecule has 0 unspecified atom stereocenters. The zero-order chi connectivity index (χ0) is 21.2. The number of ether oxygens (including phenoxy) is 1. The highest BCUT2D eigenvalue weighted by molar-refractivity contribution is 8.00. The molecule has 0 saturated carbocycles. The van der Waals surface area contributed by atoms with Crippen LogP contribution in [0.5, 0.6) is 0 Å². The third-order valence-electron chi connectivity index (χ3n) is 3.71. The number of nitriles is 1. The van der Waals surface area contributed by atoms with Crippen molar-refractivity contribution in [2.45, 2.75) is 20.0 Å². The van der Waals surface area contributed by atoms with Gasteiger partial charge in [-0.1, -0.05) is 12.1 Å². The van der Waals surface area contributed by atoms with Gasteiger partial charge in [0.25, 0.3) is 5.91 Å². The van der Waals surface area contributed by atoms with Crippen LogP contribution in [0.2, 0.25) is 0 Å². The summed E-state index contributed by atoms with van der Waals surface area (Å²) in [6.45, 7) is 3.39. The molecule has 29 heavy (non-hydrogen) atoms. The van der Waals surface area contributed by atoms with Crippen molar-refractivity contribution in [2.75, 3.05) is 22.1 Å². The fourth-order valence-corrected chi connectivity index (χ4v) is 2.90. The van der Waals surface area contributed by atoms with Crippen LogP contribution in [0.15, 0.2) is 48.5 Å². The van der Waals surface area contributed by atoms with Crippen LogP contribution in [0.3, 0.4) is 0 Å². The molecule has 0 saturated heterocycles. The number of esters is 1. The van der Waals surface area contributed by atoms with Crippen molar-refractivity contribution in [2.24, 2.45) is 0 Å². The van der Waals surface area contributed by atoms with Gasteiger partial charge < -0.3 is 15.4 Å². The fraction of sp³-hybridized carbons (Fsp3) is 0.238. The van der Waals surface area contributed by atoms with E-state index in [9.17, 15) is 14.4 Å². The quantitative estimate of drug-likeness (QED) is 0.646. The van der Waals surface area contributed by atoms with Gasteiger partial charge in [-0.25, -0.2) is 0 Å². The van der Waals surface area contributed by atoms with Crippen molar-refractivity contribution in [1.82, 2.24) is 0 Å². The minimum atomic E-state index is -0.986. The Morgan fingerprint density at radius 3 is 2.45 bits per heavy atom. The van der Waals surface area contributed by atoms with Gasteiger partial charge in [-0.15, -0.1) is 11.8 Å². The van der Waals surface area contributed by atoms with Crippen molar-refractivity contribution in [1.29, 1.82) is 5.26 Å². The van der Waals surface area contributed by atoms with Gasteiger partial charge in [0.2, 0.25) is 5.91 Å². The van der Waals surface area contributed by atoms with E-state index in [1.54, 1.807) is 30.3 Å². The number of nitrogens with zero attached hydrogens (tertiary/aromatic N) is 1. The van der Waals surface area contributed by atoms with E-state index in [-0.39, 0.29) is 17.4 Å². The van der Waals surface area contributed by atoms with Crippen LogP contribution in [0.4, 0.5) is 11.4 Å². The predicted molar refractivity (Wildman–Crippen MR) is 112 cm³/mol. The lowest BCUT2D eigenvalue weighted by Gasteiger charge is -2.13. The van der Waals surface area contributed by atoms with Gasteiger partial charge >= 0.3 is 5.97 Å². The molecule has 0 bridgehead atoms. The fourth-order valence-electron chi connectivity index (χ4n) is 2.30. The van der Waals surface area contributed by atoms with E-state index in [0.717, 1.165) is 17.3 Å². The Bertz CT molecular complexity index is 922. The van der Waals surface area contributed by atoms with E-state index in [1.807, 2.05) is 31.2 Å². The van der Waals surface area contributed by atoms with Crippen LogP contribution in [0, 0.1) is 18.3 Å². The normalized spacial score (nSPS) is 11.1. The van der Waals surface area contributed by atoms with Gasteiger partial charge in [0.15, 0.2) is 6.10 Å². The molecule has 0 spiro atoms. The number of thioether (sulfide) groups is 1. The molecule has 7 nitrogen and oxygen atoms in total. The number of anilines is 2. The Morgan fingerprint density at radius 2 is 1.79 bits per heavy atom. The molecular formula is C21H21N3O4S. The molecule has 1 atom stereocenters. The zero-order valence-electron chi connectivity index (χ0n) is 16.1. The largest absolute Gasteiger partial charge is 0.452 e. The second-order valence-electron chi connectivity index (χ2n) is 6.22. The second-order valence-corrected chi connectivity index (χ2v) is 7.21. The summed E-state index contributed by atoms with van der Waals surface area (Å²) in [4.78, 5) is 35.9. The van der Waals surface area contributed by atoms with Gasteiger partial charge in [0.1, 0.15) is 0 Å². The van der Waals surface area contributed by atoms with E-state index in [4.69, 9.17) is 10.00 Å². The summed E-state index contributed by atoms with van der Waals surface area (Å²) in [6, 6.07) is 15.7. The first kappa shape index (κ1) is 22.0. The molecule has 0 aromatic heterocycles. The molecule has 2 rings (SSSR count). The highest BCUT2D eigenvalue weighted by Crippen LogP contribution is 2.12. The molecule has 8 heteroatoms. The standard InChI is InChI=1S/C21H21N3O4S/c1-14-4-3-5-18(10-14)23-19(25)12-29-13-20(26)28-15(2)21(27)24-17-8-6-16(11-22)7-9-17/h3-10,15H,12-13H2,1-2H3,(H,23,25)(H,24,27)/t15-/m0/s1. The average molecular weight is 411 g/mol. The summed E-state index contributed by atoms with van der Waals surface area (Å²) in [7, 11) is 0. The minimum absolute atomic E-state index is 0.0459. The Kier molecular flexibility index (Phi) is 8.25. The SMILES string of the molecule is Cc1cccc(NC(=O)CSCC(=O)O[C@@H](C)C(=O)Nc2ccc(C#N)cc2)c1. The van der Waals surface area contributed by atoms with Gasteiger partial charge in [-0.3, -0.25) is 14.4 Å². The summed E-state index contributed by atoms with van der Waals surface area (Å²) in [5.74, 6) is -1.24. The molecule has 2 aromatic carbocycles. The van der Waals surface area contributed by atoms with Crippen LogP contribution in [0.1, 0.15) is 18.1 Å². The monoisotopic (exact) mass is 411 g/mol. The maximum atomic E-state index is 12.1. The molecule has 0 aliphatic rings. The number of benzene rings is 2. The number of carbonyl (C=O) groups is 3. The van der Waals surface area contributed by atoms with Crippen LogP contribution < -0.4 is 10.6 Å². The van der Waals surface area contributed by atoms with E-state index in [1.165, 1.54) is 6.92 Å². The number of nitrogens with one attached hydrogen (secondary N) is 2. The summed E-state index contributed by atoms with van der Waals surface area (Å²) >= 11 is 1.11. The Hall–Kier alpha value is -3.31. The third kappa shape index (κ3) is 7.68. The van der Waals surface area contributed by atoms with Gasteiger partial charge in [0, 0.05) is 11.4 Å². The summed E-state index contributed by atoms with van der Waals surface area (Å²) in [5, 5.41) is 14.1. The molecule has 0 fully saturated rings. The lowest BCUT2D eigenvalue weighted by atomic mass is 10.2. The topological polar surface area (TPSA) is 108 Å². The van der Waals surface area contributed by atoms with Crippen LogP contribution >= 0.6 is 11.8 Å². The third-order valence-corrected chi connectivity index (χ3v) is 4.62. The van der Waals surface area contributed by atoms with Crippen molar-refractivity contribution in [3.8, 4) is 6.07 Å². The van der Waals surface area contributed by atoms with Crippen molar-refractivity contribution < 1.29 is 19.1 Å². The van der Waals surface area contributed by atoms with E-state index < -0.39 is 18.0 Å². The number of rotatable bonds is 8. The molecule has 2 aromatic rings. The second kappa shape index (κ2) is 10.9. The molecule has 2 amide bonds. The molecule has 0 aliphatic carbocycles. The Labute approximate surface area is 173 Å². The molecule has 2 N–H and O–H groups in total. The number of hydrogen-bond donors (Lipinski definition) is 2. The molecule has 0 heterocycles. The summed E-state index contributed by atoms with van der Waals surface area (Å²) in [6.07, 6.45) is -0.986. The lowest BCUT2D eigenvalue weighted by molar-refractivity contribution is -0.150. The first-order valence-electron chi connectivity index (χ1n) is 8.82. The highest BCUT2D eigenvalue weighted by Gasteiger charge is 2.18. The van der Waals surface area contributed by atoms with Crippen LogP contribution in [-0.4, -0.2) is 35.4 Å². The zero-order valence-corrected chi connectivity index (χ0v) is 16.9. The van der Waals surface area contributed by atoms with Crippen LogP contribution in [0.25, 0.3) is 0 Å². The van der Waals surface area contributed by atoms with Crippen molar-refractivity contribution >= 4 is 40.9 Å². The lowest BCUT2D eigenvalue weighted by Crippen LogP contribution is -2.30. The Balaban J connectivity index is 1.70. The smallest absolute Gasteiger partial charge is 0.316 e. The summed E-state index contributed by atoms with van der Waals surface area (Å²) in [5.41, 5.74) is 2.71. The number of hydrogen-bond acceptors (Lipinski definition) is 6. The van der Waals surface area contributed by atoms with E-state index in [0.29, 0.717) is 16.9 Å². The van der Waals surface area contributed by atoms with E-state index >= 15 is 0 Å². The number of aryl methyl sites for hydroxylation is 1. The van der Waals surface area contributed by atoms with Gasteiger partial charge in [-0.05, 0) is 55.8 Å². The number of amides is 2. The van der Waals surface area contributed by atoms with Crippen molar-refractivity contribution in [3.05, 3.63) is 59.7 Å². The maximum absolute atomic E-state index is 12.1. The molecule has 0 radical (unpaired) electrons. The predicted octanol–water partition coefficient (Wildman–Crippen LogP) is 3.11. The summed E-state index contributed by atoms with van der Waals surface area (Å²) < 4.78 is 5.09. The average Bonchev–Trinajstić information content (AvgIpc) is 2.68. The maximum Gasteiger partial charge on any atom is 0.316 e. The van der Waals surface area contributed by atoms with Gasteiger partial charge in [-0.2, -0.15) is 5.26 Å². The van der Waals surface area contributed by atoms with Crippen LogP contribution in [-0.2, 0) is 19.1 Å². The van der Waals surface area contributed by atoms with E-state index in [2.05, 4.69) is 10.6 Å². The molecule has 0 aliphatic heterocycles. The van der Waals surface area contributed by atoms with Gasteiger partial charge in [0.05, 0.1) is 23.1 Å². The first-order valence-corrected chi connectivity index (χ1v) is 9.97. The number of carbonyl (C=O) groups excluding carboxylic acids is 3. The Morgan fingerprint density at radius 1 is 1.07 bits per heavy atom. The minimum Gasteiger partial charge on any atom is -0.452 e. The molecule has 150 valence electrons. The first-order chi connectivity index (χ1) is 13.9. The van der Waals surface area contributed by atoms with Crippen molar-refractivity contribution in [3.63, 3.8) is 0 Å². The highest BCUT2D eigenvalue weighted by atomic mass is 32.2. The molecular weight excluding hydrogens is 390 g/mol.